The molecule has 0 saturated carbocycles. The fourth-order valence-electron chi connectivity index (χ4n) is 2.42. The topological polar surface area (TPSA) is 81.5 Å². The molecule has 7 nitrogen and oxygen atoms in total. The van der Waals surface area contributed by atoms with Crippen LogP contribution < -0.4 is 4.74 Å². The maximum Gasteiger partial charge on any atom is 0.344 e. The van der Waals surface area contributed by atoms with Gasteiger partial charge in [0.05, 0.1) is 22.3 Å². The van der Waals surface area contributed by atoms with Crippen molar-refractivity contribution in [3.8, 4) is 5.75 Å². The minimum absolute atomic E-state index is 0.00594. The minimum atomic E-state index is -4.48. The molecule has 28 heavy (non-hydrogen) atoms. The summed E-state index contributed by atoms with van der Waals surface area (Å²) in [6.45, 7) is 7.76. The first kappa shape index (κ1) is 22.4. The van der Waals surface area contributed by atoms with Gasteiger partial charge in [-0.15, -0.1) is 0 Å². The predicted octanol–water partition coefficient (Wildman–Crippen LogP) is 4.26. The van der Waals surface area contributed by atoms with E-state index in [4.69, 9.17) is 27.9 Å². The number of sulfone groups is 1. The van der Waals surface area contributed by atoms with Crippen LogP contribution in [0.2, 0.25) is 10.0 Å². The van der Waals surface area contributed by atoms with Gasteiger partial charge in [-0.3, -0.25) is 0 Å². The zero-order valence-electron chi connectivity index (χ0n) is 15.7. The monoisotopic (exact) mass is 451 g/mol. The highest BCUT2D eigenvalue weighted by Crippen LogP contribution is 2.34. The summed E-state index contributed by atoms with van der Waals surface area (Å²) in [6.07, 6.45) is 0.766. The van der Waals surface area contributed by atoms with E-state index < -0.39 is 31.6 Å². The maximum absolute atomic E-state index is 14.4. The average molecular weight is 452 g/mol. The van der Waals surface area contributed by atoms with Gasteiger partial charge in [0.25, 0.3) is 0 Å². The number of carbonyl (C=O) groups excluding carboxylic acids is 1. The number of hydrogen-bond acceptors (Lipinski definition) is 5. The van der Waals surface area contributed by atoms with Crippen LogP contribution in [0.5, 0.6) is 5.75 Å². The first-order valence-electron chi connectivity index (χ1n) is 8.48. The Balaban J connectivity index is 2.55. The van der Waals surface area contributed by atoms with Crippen molar-refractivity contribution >= 4 is 39.1 Å². The van der Waals surface area contributed by atoms with Gasteiger partial charge in [-0.1, -0.05) is 23.2 Å². The van der Waals surface area contributed by atoms with Crippen LogP contribution in [0.4, 0.5) is 9.18 Å². The quantitative estimate of drug-likeness (QED) is 0.654. The third kappa shape index (κ3) is 4.42. The summed E-state index contributed by atoms with van der Waals surface area (Å²) >= 11 is 11.9. The van der Waals surface area contributed by atoms with Gasteiger partial charge in [0.1, 0.15) is 16.5 Å². The molecule has 0 aliphatic heterocycles. The molecule has 1 heterocycles. The Kier molecular flexibility index (Phi) is 6.95. The normalized spacial score (nSPS) is 11.7. The molecule has 0 radical (unpaired) electrons. The molecule has 1 aromatic heterocycles. The predicted molar refractivity (Wildman–Crippen MR) is 104 cm³/mol. The smallest absolute Gasteiger partial charge is 0.344 e. The van der Waals surface area contributed by atoms with E-state index in [0.29, 0.717) is 13.1 Å². The van der Waals surface area contributed by atoms with Crippen molar-refractivity contribution in [2.24, 2.45) is 0 Å². The van der Waals surface area contributed by atoms with Crippen molar-refractivity contribution in [2.45, 2.75) is 43.7 Å². The second kappa shape index (κ2) is 8.67. The molecule has 0 bridgehead atoms. The lowest BCUT2D eigenvalue weighted by molar-refractivity contribution is 0.201. The van der Waals surface area contributed by atoms with Crippen molar-refractivity contribution in [2.75, 3.05) is 13.1 Å². The molecule has 11 heteroatoms. The van der Waals surface area contributed by atoms with Gasteiger partial charge in [0.2, 0.25) is 14.9 Å². The number of amides is 1. The Hall–Kier alpha value is -1.84. The van der Waals surface area contributed by atoms with Crippen LogP contribution in [0.1, 0.15) is 27.7 Å². The summed E-state index contributed by atoms with van der Waals surface area (Å²) in [5.41, 5.74) is 0. The summed E-state index contributed by atoms with van der Waals surface area (Å²) in [4.78, 5) is 13.1. The number of rotatable bonds is 6. The molecular weight excluding hydrogens is 432 g/mol. The standard InChI is InChI=1S/C17H20Cl2FN3O4S/c1-5-22(6-2)17(24)23-9-12(19)16(21-23)28(25,26)15-8-14(27-10(3)4)11(18)7-13(15)20/h7-10H,5-6H2,1-4H3. The van der Waals surface area contributed by atoms with E-state index >= 15 is 0 Å². The summed E-state index contributed by atoms with van der Waals surface area (Å²) in [5.74, 6) is -1.08. The lowest BCUT2D eigenvalue weighted by atomic mass is 10.3. The molecule has 0 atom stereocenters. The van der Waals surface area contributed by atoms with Crippen LogP contribution >= 0.6 is 23.2 Å². The Morgan fingerprint density at radius 1 is 1.25 bits per heavy atom. The zero-order chi connectivity index (χ0) is 21.2. The Morgan fingerprint density at radius 2 is 1.86 bits per heavy atom. The van der Waals surface area contributed by atoms with Crippen LogP contribution in [-0.4, -0.2) is 48.3 Å². The number of benzene rings is 1. The number of halogens is 3. The zero-order valence-corrected chi connectivity index (χ0v) is 18.1. The summed E-state index contributed by atoms with van der Waals surface area (Å²) < 4.78 is 46.5. The Morgan fingerprint density at radius 3 is 2.39 bits per heavy atom. The molecule has 2 aromatic rings. The molecule has 0 fully saturated rings. The van der Waals surface area contributed by atoms with E-state index in [0.717, 1.165) is 23.0 Å². The first-order chi connectivity index (χ1) is 13.0. The number of aromatic nitrogens is 2. The molecule has 0 unspecified atom stereocenters. The molecule has 2 rings (SSSR count). The molecule has 154 valence electrons. The van der Waals surface area contributed by atoms with Crippen LogP contribution in [-0.2, 0) is 9.84 Å². The number of nitrogens with zero attached hydrogens (tertiary/aromatic N) is 3. The van der Waals surface area contributed by atoms with Gasteiger partial charge in [0.15, 0.2) is 0 Å². The Labute approximate surface area is 172 Å². The van der Waals surface area contributed by atoms with Gasteiger partial charge in [-0.2, -0.15) is 9.78 Å². The first-order valence-corrected chi connectivity index (χ1v) is 10.7. The van der Waals surface area contributed by atoms with E-state index in [-0.39, 0.29) is 21.9 Å². The molecule has 0 N–H and O–H groups in total. The van der Waals surface area contributed by atoms with Crippen LogP contribution in [0, 0.1) is 5.82 Å². The number of carbonyl (C=O) groups is 1. The van der Waals surface area contributed by atoms with E-state index in [1.54, 1.807) is 27.7 Å². The molecule has 1 aromatic carbocycles. The fraction of sp³-hybridized carbons (Fsp3) is 0.412. The van der Waals surface area contributed by atoms with Crippen LogP contribution in [0.15, 0.2) is 28.3 Å². The minimum Gasteiger partial charge on any atom is -0.489 e. The van der Waals surface area contributed by atoms with Crippen molar-refractivity contribution in [3.63, 3.8) is 0 Å². The van der Waals surface area contributed by atoms with Crippen molar-refractivity contribution in [3.05, 3.63) is 34.2 Å². The third-order valence-corrected chi connectivity index (χ3v) is 6.15. The van der Waals surface area contributed by atoms with Crippen molar-refractivity contribution < 1.29 is 22.3 Å². The van der Waals surface area contributed by atoms with Crippen molar-refractivity contribution in [1.82, 2.24) is 14.7 Å². The second-order valence-electron chi connectivity index (χ2n) is 6.06. The van der Waals surface area contributed by atoms with Crippen LogP contribution in [0.25, 0.3) is 0 Å². The van der Waals surface area contributed by atoms with Crippen LogP contribution in [0.3, 0.4) is 0 Å². The molecule has 0 aliphatic rings. The second-order valence-corrected chi connectivity index (χ2v) is 8.71. The highest BCUT2D eigenvalue weighted by atomic mass is 35.5. The van der Waals surface area contributed by atoms with E-state index in [1.165, 1.54) is 4.90 Å². The summed E-state index contributed by atoms with van der Waals surface area (Å²) in [6, 6.07) is 1.28. The molecule has 1 amide bonds. The molecule has 0 saturated heterocycles. The van der Waals surface area contributed by atoms with E-state index in [9.17, 15) is 17.6 Å². The van der Waals surface area contributed by atoms with Gasteiger partial charge >= 0.3 is 6.03 Å². The largest absolute Gasteiger partial charge is 0.489 e. The van der Waals surface area contributed by atoms with E-state index in [1.807, 2.05) is 0 Å². The fourth-order valence-corrected chi connectivity index (χ4v) is 4.34. The average Bonchev–Trinajstić information content (AvgIpc) is 3.00. The highest BCUT2D eigenvalue weighted by molar-refractivity contribution is 7.91. The lowest BCUT2D eigenvalue weighted by Crippen LogP contribution is -2.34. The van der Waals surface area contributed by atoms with Gasteiger partial charge in [-0.25, -0.2) is 17.6 Å². The SMILES string of the molecule is CCN(CC)C(=O)n1cc(Cl)c(S(=O)(=O)c2cc(OC(C)C)c(Cl)cc2F)n1. The number of hydrogen-bond donors (Lipinski definition) is 0. The summed E-state index contributed by atoms with van der Waals surface area (Å²) in [7, 11) is -4.48. The Bertz CT molecular complexity index is 989. The summed E-state index contributed by atoms with van der Waals surface area (Å²) in [5, 5.41) is 2.79. The van der Waals surface area contributed by atoms with Gasteiger partial charge in [0, 0.05) is 19.2 Å². The molecular formula is C17H20Cl2FN3O4S. The maximum atomic E-state index is 14.4. The van der Waals surface area contributed by atoms with Gasteiger partial charge in [-0.05, 0) is 33.8 Å². The number of ether oxygens (including phenoxy) is 1. The van der Waals surface area contributed by atoms with Crippen molar-refractivity contribution in [1.29, 1.82) is 0 Å². The molecule has 0 aliphatic carbocycles. The van der Waals surface area contributed by atoms with Gasteiger partial charge < -0.3 is 9.64 Å². The third-order valence-electron chi connectivity index (χ3n) is 3.76. The lowest BCUT2D eigenvalue weighted by Gasteiger charge is -2.17. The molecule has 0 spiro atoms. The van der Waals surface area contributed by atoms with E-state index in [2.05, 4.69) is 5.10 Å². The highest BCUT2D eigenvalue weighted by Gasteiger charge is 2.31.